The van der Waals surface area contributed by atoms with Gasteiger partial charge < -0.3 is 14.0 Å². The molecule has 0 aliphatic carbocycles. The van der Waals surface area contributed by atoms with E-state index in [-0.39, 0.29) is 23.7 Å². The number of Topliss-reactive ketones (excluding diaryl/α,β-unsaturated/α-hetero) is 1. The molecule has 0 bridgehead atoms. The van der Waals surface area contributed by atoms with Crippen molar-refractivity contribution in [3.63, 3.8) is 0 Å². The molecule has 1 aliphatic heterocycles. The summed E-state index contributed by atoms with van der Waals surface area (Å²) in [5.41, 5.74) is 2.65. The Hall–Kier alpha value is -2.80. The van der Waals surface area contributed by atoms with Crippen LogP contribution in [-0.2, 0) is 29.7 Å². The second-order valence-electron chi connectivity index (χ2n) is 6.55. The Morgan fingerprint density at radius 3 is 2.64 bits per heavy atom. The Morgan fingerprint density at radius 2 is 1.96 bits per heavy atom. The van der Waals surface area contributed by atoms with Crippen LogP contribution in [0.5, 0.6) is 11.5 Å². The molecule has 3 aromatic rings. The predicted octanol–water partition coefficient (Wildman–Crippen LogP) is 3.30. The maximum Gasteiger partial charge on any atom is 0.197 e. The van der Waals surface area contributed by atoms with Gasteiger partial charge in [0.25, 0.3) is 0 Å². The number of carbonyl (C=O) groups is 2. The Bertz CT molecular complexity index is 1100. The number of aromatic nitrogens is 2. The first-order valence-corrected chi connectivity index (χ1v) is 9.66. The number of fused-ring (bicyclic) bond motifs is 1. The van der Waals surface area contributed by atoms with Crippen LogP contribution in [0.15, 0.2) is 42.5 Å². The number of hydrogen-bond donors (Lipinski definition) is 0. The molecule has 1 atom stereocenters. The third-order valence-electron chi connectivity index (χ3n) is 4.69. The van der Waals surface area contributed by atoms with E-state index in [0.29, 0.717) is 12.4 Å². The normalized spacial score (nSPS) is 19.9. The van der Waals surface area contributed by atoms with Crippen molar-refractivity contribution in [1.82, 2.24) is 9.55 Å². The maximum absolute atomic E-state index is 11.9. The molecular weight excluding hydrogens is 376 g/mol. The van der Waals surface area contributed by atoms with Gasteiger partial charge in [-0.1, -0.05) is 23.9 Å². The Kier molecular flexibility index (Phi) is 4.74. The second-order valence-corrected chi connectivity index (χ2v) is 7.70. The highest BCUT2D eigenvalue weighted by atomic mass is 32.2. The number of methoxy groups -OCH3 is 1. The van der Waals surface area contributed by atoms with Gasteiger partial charge in [-0.3, -0.25) is 9.59 Å². The summed E-state index contributed by atoms with van der Waals surface area (Å²) in [7, 11) is 3.56. The van der Waals surface area contributed by atoms with Crippen molar-refractivity contribution < 1.29 is 20.4 Å². The highest BCUT2D eigenvalue weighted by Gasteiger charge is 2.31. The van der Waals surface area contributed by atoms with Crippen LogP contribution in [0.4, 0.5) is 0 Å². The zero-order valence-electron chi connectivity index (χ0n) is 16.6. The van der Waals surface area contributed by atoms with Crippen LogP contribution in [-0.4, -0.2) is 32.8 Å². The summed E-state index contributed by atoms with van der Waals surface area (Å²) in [6.45, 7) is 0.304. The SMILES string of the molecule is [2H]C1(Cc2ccc(OCc3nc4ccc(OC)cc4n3C)cc2)SC(=O)CC1=O. The highest BCUT2D eigenvalue weighted by molar-refractivity contribution is 8.15. The molecule has 0 saturated carbocycles. The molecule has 2 aromatic carbocycles. The van der Waals surface area contributed by atoms with E-state index in [9.17, 15) is 9.59 Å². The second kappa shape index (κ2) is 7.67. The van der Waals surface area contributed by atoms with Gasteiger partial charge in [0.15, 0.2) is 10.9 Å². The molecule has 1 aliphatic rings. The zero-order valence-corrected chi connectivity index (χ0v) is 16.4. The van der Waals surface area contributed by atoms with Crippen LogP contribution in [0.1, 0.15) is 19.2 Å². The van der Waals surface area contributed by atoms with E-state index >= 15 is 0 Å². The van der Waals surface area contributed by atoms with Gasteiger partial charge in [-0.2, -0.15) is 0 Å². The number of imidazole rings is 1. The molecule has 0 spiro atoms. The molecule has 0 amide bonds. The van der Waals surface area contributed by atoms with Crippen LogP contribution in [0.3, 0.4) is 0 Å². The first-order chi connectivity index (χ1) is 13.9. The molecule has 0 radical (unpaired) electrons. The number of ether oxygens (including phenoxy) is 2. The number of ketones is 1. The maximum atomic E-state index is 11.9. The van der Waals surface area contributed by atoms with Crippen molar-refractivity contribution in [2.24, 2.45) is 7.05 Å². The van der Waals surface area contributed by atoms with Gasteiger partial charge in [-0.15, -0.1) is 0 Å². The average Bonchev–Trinajstić information content (AvgIpc) is 3.15. The monoisotopic (exact) mass is 397 g/mol. The first kappa shape index (κ1) is 17.3. The molecule has 1 aromatic heterocycles. The minimum absolute atomic E-state index is 0.154. The van der Waals surface area contributed by atoms with Crippen LogP contribution in [0.2, 0.25) is 0 Å². The third-order valence-corrected chi connectivity index (χ3v) is 5.68. The van der Waals surface area contributed by atoms with Crippen molar-refractivity contribution in [2.75, 3.05) is 7.11 Å². The molecule has 4 rings (SSSR count). The number of nitrogens with zero attached hydrogens (tertiary/aromatic N) is 2. The number of benzene rings is 2. The lowest BCUT2D eigenvalue weighted by molar-refractivity contribution is -0.121. The van der Waals surface area contributed by atoms with E-state index in [0.717, 1.165) is 39.9 Å². The van der Waals surface area contributed by atoms with Crippen molar-refractivity contribution in [2.45, 2.75) is 24.7 Å². The lowest BCUT2D eigenvalue weighted by Crippen LogP contribution is -2.13. The quantitative estimate of drug-likeness (QED) is 0.595. The standard InChI is InChI=1S/C21H20N2O4S/c1-23-17-10-15(26-2)7-8-16(17)22-20(23)12-27-14-5-3-13(4-6-14)9-19-18(24)11-21(25)28-19/h3-8,10,19H,9,11-12H2,1-2H3/i19D. The van der Waals surface area contributed by atoms with Crippen LogP contribution >= 0.6 is 11.8 Å². The Labute approximate surface area is 168 Å². The van der Waals surface area contributed by atoms with E-state index in [2.05, 4.69) is 4.98 Å². The van der Waals surface area contributed by atoms with Gasteiger partial charge in [0.05, 0.1) is 31.2 Å². The molecule has 28 heavy (non-hydrogen) atoms. The fraction of sp³-hybridized carbons (Fsp3) is 0.286. The van der Waals surface area contributed by atoms with E-state index in [1.54, 1.807) is 19.2 Å². The molecule has 1 unspecified atom stereocenters. The van der Waals surface area contributed by atoms with Crippen molar-refractivity contribution in [3.05, 3.63) is 53.9 Å². The Morgan fingerprint density at radius 1 is 1.21 bits per heavy atom. The van der Waals surface area contributed by atoms with Gasteiger partial charge in [0, 0.05) is 13.1 Å². The minimum Gasteiger partial charge on any atom is -0.497 e. The number of thioether (sulfide) groups is 1. The van der Waals surface area contributed by atoms with Crippen molar-refractivity contribution in [1.29, 1.82) is 0 Å². The number of carbonyl (C=O) groups excluding carboxylic acids is 2. The van der Waals surface area contributed by atoms with Gasteiger partial charge in [0.2, 0.25) is 0 Å². The summed E-state index contributed by atoms with van der Waals surface area (Å²) in [6, 6.07) is 13.0. The number of hydrogen-bond acceptors (Lipinski definition) is 6. The van der Waals surface area contributed by atoms with Crippen molar-refractivity contribution >= 4 is 33.7 Å². The molecule has 7 heteroatoms. The summed E-state index contributed by atoms with van der Waals surface area (Å²) < 4.78 is 21.3. The van der Waals surface area contributed by atoms with E-state index in [4.69, 9.17) is 10.8 Å². The summed E-state index contributed by atoms with van der Waals surface area (Å²) in [4.78, 5) is 28.0. The minimum atomic E-state index is -1.41. The molecule has 144 valence electrons. The molecule has 1 fully saturated rings. The summed E-state index contributed by atoms with van der Waals surface area (Å²) >= 11 is 0.816. The van der Waals surface area contributed by atoms with Crippen molar-refractivity contribution in [3.8, 4) is 11.5 Å². The fourth-order valence-electron chi connectivity index (χ4n) is 3.11. The van der Waals surface area contributed by atoms with E-state index in [1.165, 1.54) is 0 Å². The zero-order chi connectivity index (χ0) is 20.6. The van der Waals surface area contributed by atoms with Crippen LogP contribution in [0.25, 0.3) is 11.0 Å². The third kappa shape index (κ3) is 3.75. The lowest BCUT2D eigenvalue weighted by atomic mass is 10.1. The molecule has 0 N–H and O–H groups in total. The van der Waals surface area contributed by atoms with Crippen LogP contribution < -0.4 is 9.47 Å². The Balaban J connectivity index is 1.43. The molecule has 6 nitrogen and oxygen atoms in total. The molecule has 2 heterocycles. The highest BCUT2D eigenvalue weighted by Crippen LogP contribution is 2.28. The van der Waals surface area contributed by atoms with Gasteiger partial charge in [-0.25, -0.2) is 4.98 Å². The van der Waals surface area contributed by atoms with Gasteiger partial charge >= 0.3 is 0 Å². The largest absolute Gasteiger partial charge is 0.497 e. The number of aryl methyl sites for hydroxylation is 1. The summed E-state index contributed by atoms with van der Waals surface area (Å²) in [5.74, 6) is 1.90. The number of rotatable bonds is 6. The predicted molar refractivity (Wildman–Crippen MR) is 108 cm³/mol. The smallest absolute Gasteiger partial charge is 0.197 e. The van der Waals surface area contributed by atoms with E-state index in [1.807, 2.05) is 41.9 Å². The fourth-order valence-corrected chi connectivity index (χ4v) is 4.01. The molecular formula is C21H20N2O4S. The van der Waals surface area contributed by atoms with Gasteiger partial charge in [-0.05, 0) is 36.2 Å². The lowest BCUT2D eigenvalue weighted by Gasteiger charge is -2.09. The van der Waals surface area contributed by atoms with Gasteiger partial charge in [0.1, 0.15) is 23.9 Å². The summed E-state index contributed by atoms with van der Waals surface area (Å²) in [6.07, 6.45) is 0.0500. The van der Waals surface area contributed by atoms with E-state index < -0.39 is 5.23 Å². The average molecular weight is 397 g/mol. The summed E-state index contributed by atoms with van der Waals surface area (Å²) in [5, 5.41) is -1.64. The first-order valence-electron chi connectivity index (χ1n) is 9.34. The topological polar surface area (TPSA) is 70.4 Å². The molecule has 1 saturated heterocycles. The van der Waals surface area contributed by atoms with Crippen LogP contribution in [0, 0.1) is 0 Å².